The molecule has 0 amide bonds. The van der Waals surface area contributed by atoms with Crippen LogP contribution in [0.4, 0.5) is 5.69 Å². The van der Waals surface area contributed by atoms with Gasteiger partial charge >= 0.3 is 0 Å². The highest BCUT2D eigenvalue weighted by Crippen LogP contribution is 2.27. The lowest BCUT2D eigenvalue weighted by atomic mass is 10.1. The molecule has 2 aromatic rings. The fourth-order valence-corrected chi connectivity index (χ4v) is 2.92. The van der Waals surface area contributed by atoms with Gasteiger partial charge in [-0.1, -0.05) is 39.7 Å². The number of hydrogen-bond donors (Lipinski definition) is 1. The molecule has 1 aliphatic rings. The van der Waals surface area contributed by atoms with Gasteiger partial charge in [0.25, 0.3) is 0 Å². The predicted molar refractivity (Wildman–Crippen MR) is 87.0 cm³/mol. The van der Waals surface area contributed by atoms with Gasteiger partial charge in [0, 0.05) is 17.4 Å². The largest absolute Gasteiger partial charge is 0.493 e. The minimum atomic E-state index is 0.746. The summed E-state index contributed by atoms with van der Waals surface area (Å²) in [5.74, 6) is 1.04. The van der Waals surface area contributed by atoms with Crippen molar-refractivity contribution >= 4 is 33.2 Å². The fraction of sp³-hybridized carbons (Fsp3) is 0.250. The van der Waals surface area contributed by atoms with Crippen molar-refractivity contribution in [2.45, 2.75) is 12.8 Å². The summed E-state index contributed by atoms with van der Waals surface area (Å²) in [7, 11) is 0. The van der Waals surface area contributed by atoms with Gasteiger partial charge in [-0.3, -0.25) is 0 Å². The molecule has 0 bridgehead atoms. The Morgan fingerprint density at radius 1 is 1.20 bits per heavy atom. The molecule has 2 aromatic carbocycles. The Labute approximate surface area is 132 Å². The summed E-state index contributed by atoms with van der Waals surface area (Å²) in [5, 5.41) is 4.12. The summed E-state index contributed by atoms with van der Waals surface area (Å²) in [5.41, 5.74) is 3.61. The highest BCUT2D eigenvalue weighted by Gasteiger charge is 2.11. The third-order valence-electron chi connectivity index (χ3n) is 3.41. The van der Waals surface area contributed by atoms with Gasteiger partial charge in [-0.05, 0) is 41.8 Å². The normalized spacial score (nSPS) is 12.9. The SMILES string of the molecule is Clc1ccc(Br)cc1NCCc1ccc2c(c1)CCO2. The second kappa shape index (κ2) is 6.06. The van der Waals surface area contributed by atoms with Crippen molar-refractivity contribution in [1.82, 2.24) is 0 Å². The van der Waals surface area contributed by atoms with Crippen LogP contribution in [0.2, 0.25) is 5.02 Å². The first-order valence-electron chi connectivity index (χ1n) is 6.66. The Morgan fingerprint density at radius 3 is 3.00 bits per heavy atom. The topological polar surface area (TPSA) is 21.3 Å². The molecule has 0 saturated heterocycles. The Balaban J connectivity index is 1.61. The minimum Gasteiger partial charge on any atom is -0.493 e. The van der Waals surface area contributed by atoms with Crippen LogP contribution in [0.15, 0.2) is 40.9 Å². The quantitative estimate of drug-likeness (QED) is 0.862. The Hall–Kier alpha value is -1.19. The molecular formula is C16H15BrClNO. The lowest BCUT2D eigenvalue weighted by Gasteiger charge is -2.09. The monoisotopic (exact) mass is 351 g/mol. The number of benzene rings is 2. The van der Waals surface area contributed by atoms with E-state index in [0.29, 0.717) is 0 Å². The average Bonchev–Trinajstić information content (AvgIpc) is 2.90. The third kappa shape index (κ3) is 3.10. The van der Waals surface area contributed by atoms with E-state index in [1.165, 1.54) is 11.1 Å². The first-order chi connectivity index (χ1) is 9.72. The molecular weight excluding hydrogens is 338 g/mol. The summed E-state index contributed by atoms with van der Waals surface area (Å²) < 4.78 is 6.54. The van der Waals surface area contributed by atoms with Crippen LogP contribution in [-0.4, -0.2) is 13.2 Å². The maximum absolute atomic E-state index is 6.15. The van der Waals surface area contributed by atoms with Crippen molar-refractivity contribution in [3.05, 3.63) is 57.0 Å². The maximum Gasteiger partial charge on any atom is 0.122 e. The van der Waals surface area contributed by atoms with Gasteiger partial charge in [0.15, 0.2) is 0 Å². The lowest BCUT2D eigenvalue weighted by Crippen LogP contribution is -2.05. The van der Waals surface area contributed by atoms with Crippen molar-refractivity contribution < 1.29 is 4.74 Å². The molecule has 4 heteroatoms. The van der Waals surface area contributed by atoms with Crippen LogP contribution < -0.4 is 10.1 Å². The zero-order chi connectivity index (χ0) is 13.9. The van der Waals surface area contributed by atoms with Gasteiger partial charge in [0.1, 0.15) is 5.75 Å². The Morgan fingerprint density at radius 2 is 2.10 bits per heavy atom. The number of nitrogens with one attached hydrogen (secondary N) is 1. The summed E-state index contributed by atoms with van der Waals surface area (Å²) in [6.07, 6.45) is 1.99. The van der Waals surface area contributed by atoms with Gasteiger partial charge in [-0.15, -0.1) is 0 Å². The van der Waals surface area contributed by atoms with E-state index in [2.05, 4.69) is 39.4 Å². The van der Waals surface area contributed by atoms with Crippen LogP contribution in [0.3, 0.4) is 0 Å². The first-order valence-corrected chi connectivity index (χ1v) is 7.83. The molecule has 20 heavy (non-hydrogen) atoms. The molecule has 1 heterocycles. The van der Waals surface area contributed by atoms with Crippen molar-refractivity contribution in [1.29, 1.82) is 0 Å². The van der Waals surface area contributed by atoms with E-state index >= 15 is 0 Å². The van der Waals surface area contributed by atoms with Crippen LogP contribution in [0.25, 0.3) is 0 Å². The van der Waals surface area contributed by atoms with Crippen molar-refractivity contribution in [2.75, 3.05) is 18.5 Å². The van der Waals surface area contributed by atoms with E-state index in [-0.39, 0.29) is 0 Å². The molecule has 104 valence electrons. The molecule has 1 aliphatic heterocycles. The van der Waals surface area contributed by atoms with E-state index in [1.54, 1.807) is 0 Å². The Bertz CT molecular complexity index is 630. The molecule has 0 atom stereocenters. The van der Waals surface area contributed by atoms with E-state index < -0.39 is 0 Å². The number of rotatable bonds is 4. The van der Waals surface area contributed by atoms with Crippen LogP contribution in [-0.2, 0) is 12.8 Å². The number of fused-ring (bicyclic) bond motifs is 1. The molecule has 0 aliphatic carbocycles. The molecule has 0 radical (unpaired) electrons. The zero-order valence-corrected chi connectivity index (χ0v) is 13.3. The van der Waals surface area contributed by atoms with Gasteiger partial charge < -0.3 is 10.1 Å². The number of hydrogen-bond acceptors (Lipinski definition) is 2. The predicted octanol–water partition coefficient (Wildman–Crippen LogP) is 4.69. The highest BCUT2D eigenvalue weighted by molar-refractivity contribution is 9.10. The summed E-state index contributed by atoms with van der Waals surface area (Å²) in [6, 6.07) is 12.3. The molecule has 1 N–H and O–H groups in total. The molecule has 0 aromatic heterocycles. The molecule has 0 spiro atoms. The van der Waals surface area contributed by atoms with Gasteiger partial charge in [0.05, 0.1) is 17.3 Å². The Kier molecular flexibility index (Phi) is 4.18. The summed E-state index contributed by atoms with van der Waals surface area (Å²) >= 11 is 9.61. The number of anilines is 1. The van der Waals surface area contributed by atoms with Crippen LogP contribution in [0.5, 0.6) is 5.75 Å². The maximum atomic E-state index is 6.15. The standard InChI is InChI=1S/C16H15BrClNO/c17-13-2-3-14(18)15(10-13)19-7-5-11-1-4-16-12(9-11)6-8-20-16/h1-4,9-10,19H,5-8H2. The zero-order valence-electron chi connectivity index (χ0n) is 11.0. The van der Waals surface area contributed by atoms with Gasteiger partial charge in [-0.25, -0.2) is 0 Å². The third-order valence-corrected chi connectivity index (χ3v) is 4.23. The molecule has 0 saturated carbocycles. The fourth-order valence-electron chi connectivity index (χ4n) is 2.37. The number of ether oxygens (including phenoxy) is 1. The van der Waals surface area contributed by atoms with E-state index in [4.69, 9.17) is 16.3 Å². The van der Waals surface area contributed by atoms with Gasteiger partial charge in [-0.2, -0.15) is 0 Å². The van der Waals surface area contributed by atoms with Crippen molar-refractivity contribution in [3.63, 3.8) is 0 Å². The molecule has 0 unspecified atom stereocenters. The number of halogens is 2. The highest BCUT2D eigenvalue weighted by atomic mass is 79.9. The second-order valence-corrected chi connectivity index (χ2v) is 6.16. The molecule has 0 fully saturated rings. The summed E-state index contributed by atoms with van der Waals surface area (Å²) in [4.78, 5) is 0. The lowest BCUT2D eigenvalue weighted by molar-refractivity contribution is 0.357. The van der Waals surface area contributed by atoms with Crippen LogP contribution in [0.1, 0.15) is 11.1 Å². The molecule has 3 rings (SSSR count). The van der Waals surface area contributed by atoms with Gasteiger partial charge in [0.2, 0.25) is 0 Å². The van der Waals surface area contributed by atoms with Crippen LogP contribution in [0, 0.1) is 0 Å². The van der Waals surface area contributed by atoms with Crippen molar-refractivity contribution in [3.8, 4) is 5.75 Å². The van der Waals surface area contributed by atoms with E-state index in [1.807, 2.05) is 18.2 Å². The average molecular weight is 353 g/mol. The summed E-state index contributed by atoms with van der Waals surface area (Å²) in [6.45, 7) is 1.67. The van der Waals surface area contributed by atoms with Crippen molar-refractivity contribution in [2.24, 2.45) is 0 Å². The van der Waals surface area contributed by atoms with Crippen LogP contribution >= 0.6 is 27.5 Å². The smallest absolute Gasteiger partial charge is 0.122 e. The minimum absolute atomic E-state index is 0.746. The van der Waals surface area contributed by atoms with E-state index in [9.17, 15) is 0 Å². The first kappa shape index (κ1) is 13.8. The second-order valence-electron chi connectivity index (χ2n) is 4.84. The molecule has 2 nitrogen and oxygen atoms in total. The van der Waals surface area contributed by atoms with E-state index in [0.717, 1.165) is 46.9 Å².